The topological polar surface area (TPSA) is 51.2 Å². The van der Waals surface area contributed by atoms with Crippen molar-refractivity contribution in [2.75, 3.05) is 19.8 Å². The fraction of sp³-hybridized carbons (Fsp3) is 0.538. The van der Waals surface area contributed by atoms with Gasteiger partial charge < -0.3 is 10.1 Å². The number of amides is 1. The maximum Gasteiger partial charge on any atom is 0.254 e. The molecule has 1 aromatic rings. The van der Waals surface area contributed by atoms with Crippen LogP contribution in [-0.4, -0.2) is 30.6 Å². The first-order valence-corrected chi connectivity index (χ1v) is 6.45. The van der Waals surface area contributed by atoms with E-state index in [1.807, 2.05) is 0 Å². The van der Waals surface area contributed by atoms with E-state index in [1.165, 1.54) is 0 Å². The monoisotopic (exact) mass is 270 g/mol. The summed E-state index contributed by atoms with van der Waals surface area (Å²) < 4.78 is 5.42. The van der Waals surface area contributed by atoms with Crippen molar-refractivity contribution in [2.45, 2.75) is 20.3 Å². The number of pyridine rings is 1. The highest BCUT2D eigenvalue weighted by Gasteiger charge is 2.09. The normalized spacial score (nSPS) is 10.7. The van der Waals surface area contributed by atoms with Crippen molar-refractivity contribution in [3.8, 4) is 0 Å². The SMILES string of the molecule is CC(C)COCCCNC(=O)c1cccnc1Cl. The molecule has 1 heterocycles. The maximum absolute atomic E-state index is 11.7. The molecular weight excluding hydrogens is 252 g/mol. The van der Waals surface area contributed by atoms with E-state index in [9.17, 15) is 4.79 Å². The minimum absolute atomic E-state index is 0.197. The second-order valence-corrected chi connectivity index (χ2v) is 4.78. The molecule has 4 nitrogen and oxygen atoms in total. The highest BCUT2D eigenvalue weighted by molar-refractivity contribution is 6.32. The summed E-state index contributed by atoms with van der Waals surface area (Å²) in [4.78, 5) is 15.6. The number of ether oxygens (including phenoxy) is 1. The van der Waals surface area contributed by atoms with Gasteiger partial charge in [-0.05, 0) is 24.5 Å². The molecule has 0 saturated heterocycles. The molecule has 0 saturated carbocycles. The molecule has 5 heteroatoms. The number of hydrogen-bond acceptors (Lipinski definition) is 3. The molecule has 0 fully saturated rings. The number of carbonyl (C=O) groups is 1. The van der Waals surface area contributed by atoms with Crippen LogP contribution in [0, 0.1) is 5.92 Å². The van der Waals surface area contributed by atoms with Gasteiger partial charge in [0.05, 0.1) is 5.56 Å². The first-order valence-electron chi connectivity index (χ1n) is 6.07. The second kappa shape index (κ2) is 8.06. The van der Waals surface area contributed by atoms with E-state index in [0.717, 1.165) is 13.0 Å². The lowest BCUT2D eigenvalue weighted by Crippen LogP contribution is -2.25. The van der Waals surface area contributed by atoms with Crippen molar-refractivity contribution in [1.82, 2.24) is 10.3 Å². The van der Waals surface area contributed by atoms with Crippen LogP contribution in [0.4, 0.5) is 0 Å². The zero-order chi connectivity index (χ0) is 13.4. The molecule has 0 aliphatic rings. The van der Waals surface area contributed by atoms with E-state index < -0.39 is 0 Å². The Morgan fingerprint density at radius 1 is 1.56 bits per heavy atom. The van der Waals surface area contributed by atoms with Crippen molar-refractivity contribution in [1.29, 1.82) is 0 Å². The van der Waals surface area contributed by atoms with Crippen LogP contribution < -0.4 is 5.32 Å². The van der Waals surface area contributed by atoms with E-state index in [1.54, 1.807) is 18.3 Å². The molecule has 1 amide bonds. The summed E-state index contributed by atoms with van der Waals surface area (Å²) in [6, 6.07) is 3.34. The van der Waals surface area contributed by atoms with Crippen molar-refractivity contribution < 1.29 is 9.53 Å². The molecule has 0 aliphatic carbocycles. The molecule has 100 valence electrons. The highest BCUT2D eigenvalue weighted by atomic mass is 35.5. The number of aromatic nitrogens is 1. The summed E-state index contributed by atoms with van der Waals surface area (Å²) in [7, 11) is 0. The number of hydrogen-bond donors (Lipinski definition) is 1. The molecule has 1 aromatic heterocycles. The quantitative estimate of drug-likeness (QED) is 0.612. The van der Waals surface area contributed by atoms with Gasteiger partial charge in [-0.2, -0.15) is 0 Å². The summed E-state index contributed by atoms with van der Waals surface area (Å²) in [5.74, 6) is 0.339. The third-order valence-electron chi connectivity index (χ3n) is 2.21. The minimum Gasteiger partial charge on any atom is -0.381 e. The van der Waals surface area contributed by atoms with Gasteiger partial charge in [0.1, 0.15) is 5.15 Å². The summed E-state index contributed by atoms with van der Waals surface area (Å²) in [5, 5.41) is 3.01. The van der Waals surface area contributed by atoms with Crippen LogP contribution in [0.15, 0.2) is 18.3 Å². The van der Waals surface area contributed by atoms with Crippen LogP contribution in [0.2, 0.25) is 5.15 Å². The average molecular weight is 271 g/mol. The summed E-state index contributed by atoms with van der Waals surface area (Å²) in [6.45, 7) is 6.18. The van der Waals surface area contributed by atoms with Crippen LogP contribution in [-0.2, 0) is 4.74 Å². The van der Waals surface area contributed by atoms with E-state index in [0.29, 0.717) is 24.6 Å². The lowest BCUT2D eigenvalue weighted by atomic mass is 10.2. The minimum atomic E-state index is -0.197. The van der Waals surface area contributed by atoms with Crippen molar-refractivity contribution in [3.63, 3.8) is 0 Å². The molecule has 0 bridgehead atoms. The van der Waals surface area contributed by atoms with Gasteiger partial charge in [0.25, 0.3) is 5.91 Å². The number of halogens is 1. The highest BCUT2D eigenvalue weighted by Crippen LogP contribution is 2.10. The van der Waals surface area contributed by atoms with Gasteiger partial charge in [-0.15, -0.1) is 0 Å². The van der Waals surface area contributed by atoms with Crippen molar-refractivity contribution in [2.24, 2.45) is 5.92 Å². The Bertz CT molecular complexity index is 383. The van der Waals surface area contributed by atoms with Gasteiger partial charge in [-0.25, -0.2) is 4.98 Å². The van der Waals surface area contributed by atoms with Gasteiger partial charge in [-0.3, -0.25) is 4.79 Å². The molecule has 0 aromatic carbocycles. The molecule has 0 radical (unpaired) electrons. The molecular formula is C13H19ClN2O2. The van der Waals surface area contributed by atoms with Crippen LogP contribution >= 0.6 is 11.6 Å². The van der Waals surface area contributed by atoms with Crippen LogP contribution in [0.25, 0.3) is 0 Å². The number of carbonyl (C=O) groups excluding carboxylic acids is 1. The van der Waals surface area contributed by atoms with E-state index >= 15 is 0 Å². The fourth-order valence-corrected chi connectivity index (χ4v) is 1.55. The first kappa shape index (κ1) is 14.9. The van der Waals surface area contributed by atoms with E-state index in [4.69, 9.17) is 16.3 Å². The first-order chi connectivity index (χ1) is 8.61. The smallest absolute Gasteiger partial charge is 0.254 e. The second-order valence-electron chi connectivity index (χ2n) is 4.42. The number of rotatable bonds is 7. The molecule has 0 atom stereocenters. The number of nitrogens with one attached hydrogen (secondary N) is 1. The van der Waals surface area contributed by atoms with Gasteiger partial charge >= 0.3 is 0 Å². The van der Waals surface area contributed by atoms with E-state index in [2.05, 4.69) is 24.1 Å². The summed E-state index contributed by atoms with van der Waals surface area (Å²) in [6.07, 6.45) is 2.34. The molecule has 1 rings (SSSR count). The lowest BCUT2D eigenvalue weighted by Gasteiger charge is -2.08. The summed E-state index contributed by atoms with van der Waals surface area (Å²) >= 11 is 5.82. The van der Waals surface area contributed by atoms with Gasteiger partial charge in [0, 0.05) is 26.0 Å². The Balaban J connectivity index is 2.20. The number of nitrogens with zero attached hydrogens (tertiary/aromatic N) is 1. The van der Waals surface area contributed by atoms with Crippen LogP contribution in [0.3, 0.4) is 0 Å². The molecule has 0 spiro atoms. The van der Waals surface area contributed by atoms with Gasteiger partial charge in [0.2, 0.25) is 0 Å². The largest absolute Gasteiger partial charge is 0.381 e. The fourth-order valence-electron chi connectivity index (χ4n) is 1.35. The van der Waals surface area contributed by atoms with Crippen LogP contribution in [0.1, 0.15) is 30.6 Å². The lowest BCUT2D eigenvalue weighted by molar-refractivity contribution is 0.0925. The Morgan fingerprint density at radius 3 is 3.00 bits per heavy atom. The predicted octanol–water partition coefficient (Wildman–Crippen LogP) is 2.53. The molecule has 0 aliphatic heterocycles. The molecule has 18 heavy (non-hydrogen) atoms. The maximum atomic E-state index is 11.7. The zero-order valence-electron chi connectivity index (χ0n) is 10.8. The molecule has 1 N–H and O–H groups in total. The third-order valence-corrected chi connectivity index (χ3v) is 2.51. The average Bonchev–Trinajstić information content (AvgIpc) is 2.33. The Morgan fingerprint density at radius 2 is 2.33 bits per heavy atom. The van der Waals surface area contributed by atoms with Crippen molar-refractivity contribution >= 4 is 17.5 Å². The Kier molecular flexibility index (Phi) is 6.68. The summed E-state index contributed by atoms with van der Waals surface area (Å²) in [5.41, 5.74) is 0.405. The Labute approximate surface area is 113 Å². The standard InChI is InChI=1S/C13H19ClN2O2/c1-10(2)9-18-8-4-7-16-13(17)11-5-3-6-15-12(11)14/h3,5-6,10H,4,7-9H2,1-2H3,(H,16,17). The molecule has 0 unspecified atom stereocenters. The Hall–Kier alpha value is -1.13. The van der Waals surface area contributed by atoms with Gasteiger partial charge in [-0.1, -0.05) is 25.4 Å². The van der Waals surface area contributed by atoms with Crippen molar-refractivity contribution in [3.05, 3.63) is 29.0 Å². The third kappa shape index (κ3) is 5.47. The predicted molar refractivity (Wildman–Crippen MR) is 71.9 cm³/mol. The van der Waals surface area contributed by atoms with E-state index in [-0.39, 0.29) is 11.1 Å². The van der Waals surface area contributed by atoms with Crippen LogP contribution in [0.5, 0.6) is 0 Å². The zero-order valence-corrected chi connectivity index (χ0v) is 11.5. The van der Waals surface area contributed by atoms with Gasteiger partial charge in [0.15, 0.2) is 0 Å².